The van der Waals surface area contributed by atoms with E-state index in [0.717, 1.165) is 22.3 Å². The Bertz CT molecular complexity index is 247. The zero-order chi connectivity index (χ0) is 8.97. The Hall–Kier alpha value is -0.320. The van der Waals surface area contributed by atoms with Crippen LogP contribution in [0.1, 0.15) is 11.4 Å². The lowest BCUT2D eigenvalue weighted by Gasteiger charge is -2.00. The van der Waals surface area contributed by atoms with Crippen LogP contribution in [-0.4, -0.2) is 22.3 Å². The third-order valence-corrected chi connectivity index (χ3v) is 2.19. The molecule has 0 aliphatic rings. The van der Waals surface area contributed by atoms with E-state index in [2.05, 4.69) is 9.97 Å². The van der Waals surface area contributed by atoms with Gasteiger partial charge >= 0.3 is 0 Å². The van der Waals surface area contributed by atoms with Crippen LogP contribution in [0.4, 0.5) is 0 Å². The van der Waals surface area contributed by atoms with Crippen molar-refractivity contribution in [2.45, 2.75) is 19.0 Å². The second kappa shape index (κ2) is 6.18. The summed E-state index contributed by atoms with van der Waals surface area (Å²) in [6.45, 7) is 4.61. The summed E-state index contributed by atoms with van der Waals surface area (Å²) < 4.78 is 0. The average molecular weight is 220 g/mol. The second-order valence-electron chi connectivity index (χ2n) is 2.57. The van der Waals surface area contributed by atoms with Gasteiger partial charge in [0.2, 0.25) is 0 Å². The number of halogens is 1. The molecule has 0 saturated heterocycles. The Labute approximate surface area is 88.9 Å². The average Bonchev–Trinajstić information content (AvgIpc) is 1.99. The molecule has 1 aromatic rings. The zero-order valence-corrected chi connectivity index (χ0v) is 9.41. The van der Waals surface area contributed by atoms with Gasteiger partial charge in [-0.2, -0.15) is 0 Å². The van der Waals surface area contributed by atoms with Crippen LogP contribution in [0.15, 0.2) is 11.2 Å². The maximum absolute atomic E-state index is 5.38. The number of aromatic nitrogens is 2. The predicted molar refractivity (Wildman–Crippen MR) is 58.5 cm³/mol. The van der Waals surface area contributed by atoms with E-state index in [9.17, 15) is 0 Å². The smallest absolute Gasteiger partial charge is 0.188 e. The second-order valence-corrected chi connectivity index (χ2v) is 3.63. The minimum atomic E-state index is 0. The van der Waals surface area contributed by atoms with Crippen molar-refractivity contribution in [2.75, 3.05) is 12.3 Å². The molecule has 0 spiro atoms. The van der Waals surface area contributed by atoms with Crippen LogP contribution in [0.3, 0.4) is 0 Å². The van der Waals surface area contributed by atoms with Gasteiger partial charge in [0.1, 0.15) is 0 Å². The van der Waals surface area contributed by atoms with Crippen LogP contribution < -0.4 is 5.73 Å². The Balaban J connectivity index is 0.00000144. The lowest BCUT2D eigenvalue weighted by molar-refractivity contribution is 0.901. The van der Waals surface area contributed by atoms with E-state index >= 15 is 0 Å². The molecule has 0 bridgehead atoms. The van der Waals surface area contributed by atoms with E-state index in [1.807, 2.05) is 19.9 Å². The molecule has 0 radical (unpaired) electrons. The zero-order valence-electron chi connectivity index (χ0n) is 7.78. The minimum Gasteiger partial charge on any atom is -0.330 e. The van der Waals surface area contributed by atoms with E-state index in [1.54, 1.807) is 11.8 Å². The van der Waals surface area contributed by atoms with E-state index in [1.165, 1.54) is 0 Å². The molecule has 0 unspecified atom stereocenters. The van der Waals surface area contributed by atoms with Crippen molar-refractivity contribution in [1.29, 1.82) is 0 Å². The number of nitrogens with zero attached hydrogens (tertiary/aromatic N) is 2. The van der Waals surface area contributed by atoms with Crippen molar-refractivity contribution in [1.82, 2.24) is 9.97 Å². The minimum absolute atomic E-state index is 0. The van der Waals surface area contributed by atoms with E-state index in [0.29, 0.717) is 6.54 Å². The summed E-state index contributed by atoms with van der Waals surface area (Å²) in [6, 6.07) is 1.96. The Kier molecular flexibility index (Phi) is 6.03. The highest BCUT2D eigenvalue weighted by Crippen LogP contribution is 2.12. The highest BCUT2D eigenvalue weighted by atomic mass is 35.5. The molecule has 0 saturated carbocycles. The molecule has 1 heterocycles. The molecular formula is C8H14ClN3S. The van der Waals surface area contributed by atoms with Crippen LogP contribution >= 0.6 is 24.2 Å². The van der Waals surface area contributed by atoms with Gasteiger partial charge in [-0.15, -0.1) is 12.4 Å². The number of nitrogens with two attached hydrogens (primary N) is 1. The normalized spacial score (nSPS) is 9.46. The quantitative estimate of drug-likeness (QED) is 0.620. The maximum Gasteiger partial charge on any atom is 0.188 e. The summed E-state index contributed by atoms with van der Waals surface area (Å²) in [7, 11) is 0. The van der Waals surface area contributed by atoms with Crippen molar-refractivity contribution >= 4 is 24.2 Å². The molecule has 0 aliphatic carbocycles. The van der Waals surface area contributed by atoms with Crippen molar-refractivity contribution in [3.05, 3.63) is 17.5 Å². The molecule has 74 valence electrons. The van der Waals surface area contributed by atoms with Crippen LogP contribution in [0.25, 0.3) is 0 Å². The molecule has 1 rings (SSSR count). The van der Waals surface area contributed by atoms with Crippen molar-refractivity contribution in [2.24, 2.45) is 5.73 Å². The summed E-state index contributed by atoms with van der Waals surface area (Å²) >= 11 is 1.60. The summed E-state index contributed by atoms with van der Waals surface area (Å²) in [5.74, 6) is 0.878. The SMILES string of the molecule is Cc1cc(C)nc(SCCN)n1.Cl. The van der Waals surface area contributed by atoms with Crippen molar-refractivity contribution in [3.8, 4) is 0 Å². The molecule has 0 aromatic carbocycles. The summed E-state index contributed by atoms with van der Waals surface area (Å²) in [5.41, 5.74) is 7.41. The van der Waals surface area contributed by atoms with Gasteiger partial charge in [0.15, 0.2) is 5.16 Å². The fourth-order valence-electron chi connectivity index (χ4n) is 0.908. The van der Waals surface area contributed by atoms with Gasteiger partial charge in [0, 0.05) is 23.7 Å². The third kappa shape index (κ3) is 4.45. The van der Waals surface area contributed by atoms with Crippen LogP contribution in [0, 0.1) is 13.8 Å². The summed E-state index contributed by atoms with van der Waals surface area (Å²) in [5, 5.41) is 0.831. The molecule has 0 fully saturated rings. The molecule has 2 N–H and O–H groups in total. The number of hydrogen-bond acceptors (Lipinski definition) is 4. The lowest BCUT2D eigenvalue weighted by Crippen LogP contribution is -2.02. The molecule has 1 aromatic heterocycles. The first kappa shape index (κ1) is 12.7. The van der Waals surface area contributed by atoms with Crippen LogP contribution in [0.5, 0.6) is 0 Å². The van der Waals surface area contributed by atoms with Crippen molar-refractivity contribution < 1.29 is 0 Å². The van der Waals surface area contributed by atoms with E-state index in [4.69, 9.17) is 5.73 Å². The molecule has 0 atom stereocenters. The third-order valence-electron chi connectivity index (χ3n) is 1.31. The maximum atomic E-state index is 5.38. The van der Waals surface area contributed by atoms with Crippen molar-refractivity contribution in [3.63, 3.8) is 0 Å². The van der Waals surface area contributed by atoms with Gasteiger partial charge in [-0.05, 0) is 19.9 Å². The topological polar surface area (TPSA) is 51.8 Å². The van der Waals surface area contributed by atoms with E-state index < -0.39 is 0 Å². The molecule has 5 heteroatoms. The molecular weight excluding hydrogens is 206 g/mol. The number of rotatable bonds is 3. The standard InChI is InChI=1S/C8H13N3S.ClH/c1-6-5-7(2)11-8(10-6)12-4-3-9;/h5H,3-4,9H2,1-2H3;1H. The fraction of sp³-hybridized carbons (Fsp3) is 0.500. The Morgan fingerprint density at radius 2 is 1.85 bits per heavy atom. The molecule has 0 amide bonds. The van der Waals surface area contributed by atoms with E-state index in [-0.39, 0.29) is 12.4 Å². The monoisotopic (exact) mass is 219 g/mol. The Morgan fingerprint density at radius 3 is 2.31 bits per heavy atom. The fourth-order valence-corrected chi connectivity index (χ4v) is 1.63. The van der Waals surface area contributed by atoms with Gasteiger partial charge in [0.25, 0.3) is 0 Å². The first-order valence-electron chi connectivity index (χ1n) is 3.87. The highest BCUT2D eigenvalue weighted by Gasteiger charge is 1.98. The number of thioether (sulfide) groups is 1. The molecule has 3 nitrogen and oxygen atoms in total. The van der Waals surface area contributed by atoms with Crippen LogP contribution in [-0.2, 0) is 0 Å². The molecule has 0 aliphatic heterocycles. The number of aryl methyl sites for hydroxylation is 2. The largest absolute Gasteiger partial charge is 0.330 e. The van der Waals surface area contributed by atoms with Crippen LogP contribution in [0.2, 0.25) is 0 Å². The first-order chi connectivity index (χ1) is 5.72. The lowest BCUT2D eigenvalue weighted by atomic mass is 10.4. The first-order valence-corrected chi connectivity index (χ1v) is 4.86. The van der Waals surface area contributed by atoms with Gasteiger partial charge in [-0.3, -0.25) is 0 Å². The Morgan fingerprint density at radius 1 is 1.31 bits per heavy atom. The van der Waals surface area contributed by atoms with Gasteiger partial charge in [0.05, 0.1) is 0 Å². The summed E-state index contributed by atoms with van der Waals surface area (Å²) in [4.78, 5) is 8.54. The highest BCUT2D eigenvalue weighted by molar-refractivity contribution is 7.99. The molecule has 13 heavy (non-hydrogen) atoms. The van der Waals surface area contributed by atoms with Gasteiger partial charge < -0.3 is 5.73 Å². The predicted octanol–water partition coefficient (Wildman–Crippen LogP) is 1.57. The van der Waals surface area contributed by atoms with Gasteiger partial charge in [-0.1, -0.05) is 11.8 Å². The van der Waals surface area contributed by atoms with Gasteiger partial charge in [-0.25, -0.2) is 9.97 Å². The summed E-state index contributed by atoms with van der Waals surface area (Å²) in [6.07, 6.45) is 0. The number of hydrogen-bond donors (Lipinski definition) is 1.